The van der Waals surface area contributed by atoms with Gasteiger partial charge >= 0.3 is 0 Å². The Morgan fingerprint density at radius 3 is 1.73 bits per heavy atom. The van der Waals surface area contributed by atoms with Crippen LogP contribution in [0, 0.1) is 18.8 Å². The predicted molar refractivity (Wildman–Crippen MR) is 316 cm³/mol. The molecular weight excluding hydrogens is 933 g/mol. The Labute approximate surface area is 435 Å². The van der Waals surface area contributed by atoms with E-state index in [1.165, 1.54) is 65.4 Å². The lowest BCUT2D eigenvalue weighted by Crippen LogP contribution is -2.66. The Kier molecular flexibility index (Phi) is 9.17. The zero-order valence-corrected chi connectivity index (χ0v) is 42.2. The fourth-order valence-corrected chi connectivity index (χ4v) is 15.9. The van der Waals surface area contributed by atoms with Crippen LogP contribution in [0.2, 0.25) is 0 Å². The number of para-hydroxylation sites is 5. The molecule has 0 amide bonds. The highest BCUT2D eigenvalue weighted by Crippen LogP contribution is 2.56. The summed E-state index contributed by atoms with van der Waals surface area (Å²) in [6.45, 7) is 4.35. The van der Waals surface area contributed by atoms with Gasteiger partial charge in [0.1, 0.15) is 22.2 Å². The average molecular weight is 979 g/mol. The van der Waals surface area contributed by atoms with Crippen molar-refractivity contribution in [1.29, 1.82) is 0 Å². The van der Waals surface area contributed by atoms with Crippen LogP contribution in [0.4, 0.5) is 51.2 Å². The van der Waals surface area contributed by atoms with E-state index in [-0.39, 0.29) is 6.71 Å². The fourth-order valence-electron chi connectivity index (χ4n) is 13.0. The minimum atomic E-state index is -1.28. The maximum Gasteiger partial charge on any atom is 0.263 e. The lowest BCUT2D eigenvalue weighted by molar-refractivity contribution is 0.573. The van der Waals surface area contributed by atoms with E-state index in [1.807, 2.05) is 0 Å². The Hall–Kier alpha value is -9.09. The van der Waals surface area contributed by atoms with E-state index in [0.29, 0.717) is 0 Å². The normalized spacial score (nSPS) is 14.1. The van der Waals surface area contributed by atoms with Crippen LogP contribution in [0.3, 0.4) is 0 Å². The Balaban J connectivity index is 1.21. The SMILES string of the molecule is Cc1ccccc1N1c2cc(N(c3ccccc3)c3ccccc3)cc3c2B2c4c(c(-c5ccccc5)c5oc6ccccc6c5c4N3c3ccccc3C)[P+](c3ccccc3)=c3cc4oc5c(c4c1c32)CC=CC=5. The van der Waals surface area contributed by atoms with Crippen LogP contribution in [0.25, 0.3) is 50.1 Å². The van der Waals surface area contributed by atoms with Crippen LogP contribution < -0.4 is 47.1 Å². The molecule has 5 nitrogen and oxygen atoms in total. The first-order valence-corrected chi connectivity index (χ1v) is 27.3. The van der Waals surface area contributed by atoms with Gasteiger partial charge in [-0.1, -0.05) is 152 Å². The number of benzene rings is 10. The van der Waals surface area contributed by atoms with E-state index >= 15 is 0 Å². The highest BCUT2D eigenvalue weighted by Gasteiger charge is 2.55. The molecule has 0 spiro atoms. The molecule has 5 heterocycles. The minimum Gasteiger partial charge on any atom is -0.456 e. The van der Waals surface area contributed by atoms with Crippen molar-refractivity contribution in [3.63, 3.8) is 0 Å². The molecule has 0 saturated heterocycles. The molecule has 0 bridgehead atoms. The molecule has 12 aromatic rings. The van der Waals surface area contributed by atoms with E-state index in [9.17, 15) is 0 Å². The number of rotatable bonds is 7. The fraction of sp³-hybridized carbons (Fsp3) is 0.0441. The summed E-state index contributed by atoms with van der Waals surface area (Å²) in [5.41, 5.74) is 23.7. The van der Waals surface area contributed by atoms with Crippen LogP contribution in [-0.2, 0) is 6.42 Å². The smallest absolute Gasteiger partial charge is 0.263 e. The molecule has 352 valence electrons. The van der Waals surface area contributed by atoms with Gasteiger partial charge < -0.3 is 23.5 Å². The van der Waals surface area contributed by atoms with E-state index in [2.05, 4.69) is 259 Å². The van der Waals surface area contributed by atoms with E-state index < -0.39 is 7.55 Å². The Morgan fingerprint density at radius 1 is 0.507 bits per heavy atom. The topological polar surface area (TPSA) is 36.0 Å². The molecule has 0 N–H and O–H groups in total. The summed E-state index contributed by atoms with van der Waals surface area (Å²) in [6, 6.07) is 78.1. The molecule has 0 saturated carbocycles. The van der Waals surface area contributed by atoms with Crippen LogP contribution in [-0.4, -0.2) is 6.71 Å². The Bertz CT molecular complexity index is 4510. The van der Waals surface area contributed by atoms with Crippen molar-refractivity contribution in [3.8, 4) is 11.1 Å². The van der Waals surface area contributed by atoms with E-state index in [4.69, 9.17) is 8.83 Å². The number of allylic oxidation sites excluding steroid dienone is 2. The van der Waals surface area contributed by atoms with Crippen molar-refractivity contribution in [2.45, 2.75) is 20.3 Å². The molecule has 1 unspecified atom stereocenters. The summed E-state index contributed by atoms with van der Waals surface area (Å²) in [5, 5.41) is 6.02. The standard InChI is InChI=1S/C68H46BN3O2P/c1-42-23-15-19-35-51(42)71-53-39-47(70(45-27-9-4-10-28-45)46-29-11-5-12-30-46)40-54-62(53)69-63-58(41-57-60(65(63)71)49-33-17-21-37-55(49)73-57)75(48-31-13-6-14-32-48)68-59(44-25-7-3-8-26-44)67-61(50-34-18-22-38-56(50)74-67)66(64(68)69)72(54)52-36-20-16-24-43(52)2/h3-32,34-41H,33H2,1-2H3/q+1. The summed E-state index contributed by atoms with van der Waals surface area (Å²) in [4.78, 5) is 9.03. The van der Waals surface area contributed by atoms with Gasteiger partial charge in [0, 0.05) is 67.5 Å². The van der Waals surface area contributed by atoms with Gasteiger partial charge in [-0.15, -0.1) is 0 Å². The van der Waals surface area contributed by atoms with Crippen molar-refractivity contribution >= 4 is 131 Å². The molecule has 4 aliphatic rings. The number of furan rings is 2. The predicted octanol–water partition coefficient (Wildman–Crippen LogP) is 14.8. The van der Waals surface area contributed by atoms with Gasteiger partial charge in [-0.3, -0.25) is 0 Å². The number of hydrogen-bond acceptors (Lipinski definition) is 5. The maximum absolute atomic E-state index is 7.44. The van der Waals surface area contributed by atoms with Gasteiger partial charge in [-0.25, -0.2) is 0 Å². The number of aryl methyl sites for hydroxylation is 2. The minimum absolute atomic E-state index is 0.178. The van der Waals surface area contributed by atoms with Gasteiger partial charge in [0.05, 0.1) is 28.0 Å². The van der Waals surface area contributed by atoms with Crippen molar-refractivity contribution < 1.29 is 8.83 Å². The molecule has 7 heteroatoms. The van der Waals surface area contributed by atoms with E-state index in [1.54, 1.807) is 0 Å². The third-order valence-corrected chi connectivity index (χ3v) is 18.6. The summed E-state index contributed by atoms with van der Waals surface area (Å²) in [5.74, 6) is 0. The molecule has 3 aliphatic heterocycles. The molecule has 2 aromatic heterocycles. The first kappa shape index (κ1) is 42.4. The lowest BCUT2D eigenvalue weighted by atomic mass is 9.33. The van der Waals surface area contributed by atoms with Gasteiger partial charge in [-0.05, 0) is 115 Å². The number of hydrogen-bond donors (Lipinski definition) is 0. The zero-order chi connectivity index (χ0) is 49.5. The second kappa shape index (κ2) is 16.2. The summed E-state index contributed by atoms with van der Waals surface area (Å²) < 4.78 is 14.6. The molecule has 16 rings (SSSR count). The van der Waals surface area contributed by atoms with Gasteiger partial charge in [0.2, 0.25) is 0 Å². The first-order chi connectivity index (χ1) is 37.1. The van der Waals surface area contributed by atoms with Crippen molar-refractivity contribution in [2.75, 3.05) is 14.7 Å². The maximum atomic E-state index is 7.44. The number of anilines is 9. The number of nitrogens with zero attached hydrogens (tertiary/aromatic N) is 3. The largest absolute Gasteiger partial charge is 0.456 e. The molecule has 1 atom stereocenters. The third kappa shape index (κ3) is 6.00. The monoisotopic (exact) mass is 978 g/mol. The van der Waals surface area contributed by atoms with E-state index in [0.717, 1.165) is 90.3 Å². The molecule has 0 radical (unpaired) electrons. The van der Waals surface area contributed by atoms with Crippen LogP contribution in [0.1, 0.15) is 16.7 Å². The Morgan fingerprint density at radius 2 is 1.08 bits per heavy atom. The third-order valence-electron chi connectivity index (χ3n) is 16.1. The first-order valence-electron chi connectivity index (χ1n) is 25.9. The van der Waals surface area contributed by atoms with Gasteiger partial charge in [0.25, 0.3) is 6.71 Å². The van der Waals surface area contributed by atoms with Crippen molar-refractivity contribution in [1.82, 2.24) is 0 Å². The van der Waals surface area contributed by atoms with Crippen LogP contribution in [0.5, 0.6) is 0 Å². The zero-order valence-electron chi connectivity index (χ0n) is 41.3. The number of fused-ring (bicyclic) bond motifs is 8. The quantitative estimate of drug-likeness (QED) is 0.117. The van der Waals surface area contributed by atoms with Gasteiger partial charge in [-0.2, -0.15) is 0 Å². The highest BCUT2D eigenvalue weighted by molar-refractivity contribution is 7.67. The van der Waals surface area contributed by atoms with Crippen LogP contribution in [0.15, 0.2) is 233 Å². The molecule has 0 fully saturated rings. The van der Waals surface area contributed by atoms with Crippen LogP contribution >= 0.6 is 7.55 Å². The van der Waals surface area contributed by atoms with Crippen molar-refractivity contribution in [2.24, 2.45) is 0 Å². The van der Waals surface area contributed by atoms with Crippen molar-refractivity contribution in [3.05, 3.63) is 252 Å². The summed E-state index contributed by atoms with van der Waals surface area (Å²) in [7, 11) is -1.28. The molecule has 75 heavy (non-hydrogen) atoms. The summed E-state index contributed by atoms with van der Waals surface area (Å²) >= 11 is 0. The average Bonchev–Trinajstić information content (AvgIpc) is 4.25. The highest BCUT2D eigenvalue weighted by atomic mass is 31.1. The molecule has 1 aliphatic carbocycles. The molecular formula is C68H46BN3O2P+. The molecule has 10 aromatic carbocycles. The summed E-state index contributed by atoms with van der Waals surface area (Å²) in [6.07, 6.45) is 7.37. The second-order valence-electron chi connectivity index (χ2n) is 20.2. The second-order valence-corrected chi connectivity index (χ2v) is 22.3. The van der Waals surface area contributed by atoms with Gasteiger partial charge in [0.15, 0.2) is 23.1 Å². The lowest BCUT2D eigenvalue weighted by Gasteiger charge is -2.46.